The first-order chi connectivity index (χ1) is 12.6. The molecule has 1 N–H and O–H groups in total. The molecule has 1 saturated heterocycles. The molecular weight excluding hydrogens is 332 g/mol. The molecule has 26 heavy (non-hydrogen) atoms. The Morgan fingerprint density at radius 1 is 1.08 bits per heavy atom. The van der Waals surface area contributed by atoms with Crippen molar-refractivity contribution in [1.82, 2.24) is 4.90 Å². The second kappa shape index (κ2) is 6.67. The summed E-state index contributed by atoms with van der Waals surface area (Å²) >= 11 is 0. The molecule has 138 valence electrons. The number of fused-ring (bicyclic) bond motifs is 2. The molecule has 6 nitrogen and oxygen atoms in total. The van der Waals surface area contributed by atoms with Gasteiger partial charge in [-0.25, -0.2) is 0 Å². The molecule has 4 rings (SSSR count). The van der Waals surface area contributed by atoms with Gasteiger partial charge in [-0.2, -0.15) is 0 Å². The van der Waals surface area contributed by atoms with Crippen LogP contribution in [0.2, 0.25) is 0 Å². The number of carboxylic acids is 1. The third kappa shape index (κ3) is 2.83. The van der Waals surface area contributed by atoms with E-state index in [1.807, 2.05) is 41.3 Å². The fourth-order valence-corrected chi connectivity index (χ4v) is 4.70. The first kappa shape index (κ1) is 16.9. The number of carboxylic acid groups (broad SMARTS) is 1. The number of hydrogen-bond acceptors (Lipinski definition) is 4. The van der Waals surface area contributed by atoms with Gasteiger partial charge in [0.1, 0.15) is 5.75 Å². The minimum Gasteiger partial charge on any atom is -0.497 e. The summed E-state index contributed by atoms with van der Waals surface area (Å²) in [6.45, 7) is 2.74. The number of rotatable bonds is 4. The van der Waals surface area contributed by atoms with Gasteiger partial charge in [0.25, 0.3) is 0 Å². The van der Waals surface area contributed by atoms with E-state index in [0.29, 0.717) is 13.1 Å². The maximum atomic E-state index is 13.0. The van der Waals surface area contributed by atoms with E-state index in [2.05, 4.69) is 4.90 Å². The van der Waals surface area contributed by atoms with Crippen LogP contribution in [0.3, 0.4) is 0 Å². The molecule has 1 aliphatic heterocycles. The lowest BCUT2D eigenvalue weighted by atomic mass is 9.82. The normalized spacial score (nSPS) is 29.9. The quantitative estimate of drug-likeness (QED) is 0.834. The molecule has 1 heterocycles. The Labute approximate surface area is 153 Å². The standard InChI is InChI=1S/C20H24N2O4/c1-26-16-4-2-3-15(12-16)21-7-9-22(10-8-21)19(23)17-13-5-6-14(11-13)18(17)20(24)25/h2-6,12-14,17-18H,7-11H2,1H3,(H,24,25)/t13-,14-,17+,18+/m0/s1. The van der Waals surface area contributed by atoms with Crippen LogP contribution in [0.5, 0.6) is 5.75 Å². The minimum absolute atomic E-state index is 0.0135. The largest absolute Gasteiger partial charge is 0.497 e. The molecule has 1 amide bonds. The SMILES string of the molecule is COc1cccc(N2CCN(C(=O)[C@H]3[C@H](C(=O)O)[C@H]4C=C[C@H]3C4)CC2)c1. The molecule has 0 spiro atoms. The smallest absolute Gasteiger partial charge is 0.307 e. The molecule has 6 heteroatoms. The maximum Gasteiger partial charge on any atom is 0.307 e. The monoisotopic (exact) mass is 356 g/mol. The van der Waals surface area contributed by atoms with E-state index in [1.54, 1.807) is 7.11 Å². The van der Waals surface area contributed by atoms with Crippen LogP contribution in [0, 0.1) is 23.7 Å². The fourth-order valence-electron chi connectivity index (χ4n) is 4.70. The third-order valence-electron chi connectivity index (χ3n) is 6.04. The van der Waals surface area contributed by atoms with Crippen LogP contribution in [0.25, 0.3) is 0 Å². The lowest BCUT2D eigenvalue weighted by molar-refractivity contribution is -0.151. The molecule has 0 aromatic heterocycles. The average Bonchev–Trinajstić information content (AvgIpc) is 3.29. The highest BCUT2D eigenvalue weighted by atomic mass is 16.5. The first-order valence-electron chi connectivity index (χ1n) is 9.17. The van der Waals surface area contributed by atoms with Gasteiger partial charge in [0.05, 0.1) is 18.9 Å². The molecular formula is C20H24N2O4. The van der Waals surface area contributed by atoms with Crippen molar-refractivity contribution < 1.29 is 19.4 Å². The van der Waals surface area contributed by atoms with Gasteiger partial charge in [-0.1, -0.05) is 18.2 Å². The van der Waals surface area contributed by atoms with E-state index < -0.39 is 17.8 Å². The minimum atomic E-state index is -0.838. The summed E-state index contributed by atoms with van der Waals surface area (Å²) in [7, 11) is 1.65. The molecule has 0 radical (unpaired) electrons. The number of ether oxygens (including phenoxy) is 1. The van der Waals surface area contributed by atoms with Crippen LogP contribution in [0.1, 0.15) is 6.42 Å². The van der Waals surface area contributed by atoms with Gasteiger partial charge in [0, 0.05) is 37.9 Å². The summed E-state index contributed by atoms with van der Waals surface area (Å²) in [6, 6.07) is 7.92. The number of piperazine rings is 1. The first-order valence-corrected chi connectivity index (χ1v) is 9.17. The molecule has 1 aromatic carbocycles. The van der Waals surface area contributed by atoms with Crippen molar-refractivity contribution in [3.8, 4) is 5.75 Å². The van der Waals surface area contributed by atoms with Crippen molar-refractivity contribution in [2.45, 2.75) is 6.42 Å². The van der Waals surface area contributed by atoms with Crippen LogP contribution < -0.4 is 9.64 Å². The predicted octanol–water partition coefficient (Wildman–Crippen LogP) is 1.87. The fraction of sp³-hybridized carbons (Fsp3) is 0.500. The van der Waals surface area contributed by atoms with Crippen molar-refractivity contribution in [3.63, 3.8) is 0 Å². The van der Waals surface area contributed by atoms with E-state index in [-0.39, 0.29) is 17.7 Å². The van der Waals surface area contributed by atoms with Gasteiger partial charge in [0.2, 0.25) is 5.91 Å². The Morgan fingerprint density at radius 2 is 1.77 bits per heavy atom. The van der Waals surface area contributed by atoms with E-state index in [9.17, 15) is 14.7 Å². The van der Waals surface area contributed by atoms with Gasteiger partial charge in [-0.05, 0) is 30.4 Å². The Balaban J connectivity index is 1.42. The van der Waals surface area contributed by atoms with E-state index in [0.717, 1.165) is 30.9 Å². The van der Waals surface area contributed by atoms with E-state index >= 15 is 0 Å². The molecule has 0 unspecified atom stereocenters. The summed E-state index contributed by atoms with van der Waals surface area (Å²) in [5.74, 6) is -0.858. The predicted molar refractivity (Wildman–Crippen MR) is 97.1 cm³/mol. The third-order valence-corrected chi connectivity index (χ3v) is 6.04. The number of hydrogen-bond donors (Lipinski definition) is 1. The Bertz CT molecular complexity index is 739. The molecule has 2 bridgehead atoms. The van der Waals surface area contributed by atoms with Crippen LogP contribution >= 0.6 is 0 Å². The number of aliphatic carboxylic acids is 1. The number of amides is 1. The highest BCUT2D eigenvalue weighted by molar-refractivity contribution is 5.87. The molecule has 3 aliphatic rings. The zero-order chi connectivity index (χ0) is 18.3. The Morgan fingerprint density at radius 3 is 2.42 bits per heavy atom. The zero-order valence-electron chi connectivity index (χ0n) is 14.9. The van der Waals surface area contributed by atoms with Crippen LogP contribution in [-0.4, -0.2) is 55.2 Å². The van der Waals surface area contributed by atoms with Gasteiger partial charge in [-0.15, -0.1) is 0 Å². The van der Waals surface area contributed by atoms with Crippen LogP contribution in [0.4, 0.5) is 5.69 Å². The number of methoxy groups -OCH3 is 1. The van der Waals surface area contributed by atoms with E-state index in [4.69, 9.17) is 4.74 Å². The molecule has 1 aromatic rings. The van der Waals surface area contributed by atoms with Crippen molar-refractivity contribution in [2.24, 2.45) is 23.7 Å². The summed E-state index contributed by atoms with van der Waals surface area (Å²) in [5.41, 5.74) is 1.09. The topological polar surface area (TPSA) is 70.1 Å². The lowest BCUT2D eigenvalue weighted by Gasteiger charge is -2.38. The summed E-state index contributed by atoms with van der Waals surface area (Å²) < 4.78 is 5.28. The Hall–Kier alpha value is -2.50. The number of allylic oxidation sites excluding steroid dienone is 2. The Kier molecular flexibility index (Phi) is 4.34. The van der Waals surface area contributed by atoms with Crippen molar-refractivity contribution >= 4 is 17.6 Å². The highest BCUT2D eigenvalue weighted by Crippen LogP contribution is 2.48. The zero-order valence-corrected chi connectivity index (χ0v) is 14.9. The van der Waals surface area contributed by atoms with Crippen LogP contribution in [-0.2, 0) is 9.59 Å². The number of carbonyl (C=O) groups excluding carboxylic acids is 1. The van der Waals surface area contributed by atoms with E-state index in [1.165, 1.54) is 0 Å². The van der Waals surface area contributed by atoms with Crippen LogP contribution in [0.15, 0.2) is 36.4 Å². The second-order valence-electron chi connectivity index (χ2n) is 7.35. The van der Waals surface area contributed by atoms with Crippen molar-refractivity contribution in [2.75, 3.05) is 38.2 Å². The number of benzene rings is 1. The van der Waals surface area contributed by atoms with Gasteiger partial charge >= 0.3 is 5.97 Å². The number of nitrogens with zero attached hydrogens (tertiary/aromatic N) is 2. The lowest BCUT2D eigenvalue weighted by Crippen LogP contribution is -2.52. The van der Waals surface area contributed by atoms with Crippen molar-refractivity contribution in [3.05, 3.63) is 36.4 Å². The van der Waals surface area contributed by atoms with Crippen molar-refractivity contribution in [1.29, 1.82) is 0 Å². The van der Waals surface area contributed by atoms with Gasteiger partial charge in [-0.3, -0.25) is 9.59 Å². The maximum absolute atomic E-state index is 13.0. The van der Waals surface area contributed by atoms with Gasteiger partial charge < -0.3 is 19.6 Å². The summed E-state index contributed by atoms with van der Waals surface area (Å²) in [4.78, 5) is 28.8. The number of anilines is 1. The summed E-state index contributed by atoms with van der Waals surface area (Å²) in [6.07, 6.45) is 4.82. The molecule has 1 saturated carbocycles. The molecule has 2 aliphatic carbocycles. The highest BCUT2D eigenvalue weighted by Gasteiger charge is 2.52. The molecule has 2 fully saturated rings. The average molecular weight is 356 g/mol. The van der Waals surface area contributed by atoms with Gasteiger partial charge in [0.15, 0.2) is 0 Å². The number of carbonyl (C=O) groups is 2. The summed E-state index contributed by atoms with van der Waals surface area (Å²) in [5, 5.41) is 9.57. The second-order valence-corrected chi connectivity index (χ2v) is 7.35. The molecule has 4 atom stereocenters.